The van der Waals surface area contributed by atoms with E-state index in [1.807, 2.05) is 32.9 Å². The molecule has 1 aromatic heterocycles. The van der Waals surface area contributed by atoms with Crippen molar-refractivity contribution in [3.05, 3.63) is 46.5 Å². The second kappa shape index (κ2) is 6.20. The maximum atomic E-state index is 9.42. The molecule has 0 atom stereocenters. The number of hydrogen-bond donors (Lipinski definition) is 1. The number of aliphatic hydroxyl groups is 1. The summed E-state index contributed by atoms with van der Waals surface area (Å²) in [4.78, 5) is 8.55. The second-order valence-electron chi connectivity index (χ2n) is 4.89. The molecular formula is C15H17ClN2O2. The second-order valence-corrected chi connectivity index (χ2v) is 5.30. The van der Waals surface area contributed by atoms with Crippen LogP contribution in [0.1, 0.15) is 36.8 Å². The Morgan fingerprint density at radius 2 is 2.05 bits per heavy atom. The Labute approximate surface area is 123 Å². The highest BCUT2D eigenvalue weighted by molar-refractivity contribution is 6.32. The van der Waals surface area contributed by atoms with Gasteiger partial charge in [-0.05, 0) is 24.6 Å². The highest BCUT2D eigenvalue weighted by atomic mass is 35.5. The van der Waals surface area contributed by atoms with Crippen LogP contribution in [0.25, 0.3) is 0 Å². The Kier molecular flexibility index (Phi) is 4.57. The van der Waals surface area contributed by atoms with Gasteiger partial charge in [-0.3, -0.25) is 0 Å². The Morgan fingerprint density at radius 3 is 2.70 bits per heavy atom. The van der Waals surface area contributed by atoms with Crippen molar-refractivity contribution in [3.63, 3.8) is 0 Å². The van der Waals surface area contributed by atoms with Crippen LogP contribution in [-0.4, -0.2) is 15.1 Å². The number of benzene rings is 1. The summed E-state index contributed by atoms with van der Waals surface area (Å²) in [6, 6.07) is 5.51. The Hall–Kier alpha value is -1.65. The molecule has 20 heavy (non-hydrogen) atoms. The van der Waals surface area contributed by atoms with E-state index in [0.717, 1.165) is 5.56 Å². The lowest BCUT2D eigenvalue weighted by Gasteiger charge is -2.12. The summed E-state index contributed by atoms with van der Waals surface area (Å²) in [5.41, 5.74) is 1.50. The maximum absolute atomic E-state index is 9.42. The van der Waals surface area contributed by atoms with Crippen LogP contribution in [0.2, 0.25) is 5.02 Å². The van der Waals surface area contributed by atoms with Gasteiger partial charge in [-0.15, -0.1) is 0 Å². The molecular weight excluding hydrogens is 276 g/mol. The van der Waals surface area contributed by atoms with Crippen LogP contribution >= 0.6 is 11.6 Å². The molecule has 0 fully saturated rings. The van der Waals surface area contributed by atoms with E-state index < -0.39 is 0 Å². The van der Waals surface area contributed by atoms with Gasteiger partial charge in [0.25, 0.3) is 0 Å². The number of hydrogen-bond acceptors (Lipinski definition) is 4. The average Bonchev–Trinajstić information content (AvgIpc) is 2.43. The van der Waals surface area contributed by atoms with E-state index >= 15 is 0 Å². The van der Waals surface area contributed by atoms with E-state index in [9.17, 15) is 5.11 Å². The van der Waals surface area contributed by atoms with Crippen molar-refractivity contribution in [1.29, 1.82) is 0 Å². The SMILES string of the molecule is Cc1ccc(Cl)c(Oc2cnc(C(C)C)nc2CO)c1. The molecule has 0 saturated carbocycles. The van der Waals surface area contributed by atoms with Gasteiger partial charge in [0.15, 0.2) is 5.75 Å². The lowest BCUT2D eigenvalue weighted by Crippen LogP contribution is -2.03. The molecule has 2 aromatic rings. The van der Waals surface area contributed by atoms with Crippen molar-refractivity contribution >= 4 is 11.6 Å². The fourth-order valence-corrected chi connectivity index (χ4v) is 1.86. The van der Waals surface area contributed by atoms with Crippen molar-refractivity contribution in [2.45, 2.75) is 33.3 Å². The molecule has 0 amide bonds. The minimum atomic E-state index is -0.207. The zero-order valence-corrected chi connectivity index (χ0v) is 12.5. The number of rotatable bonds is 4. The van der Waals surface area contributed by atoms with Crippen molar-refractivity contribution in [2.24, 2.45) is 0 Å². The molecule has 0 unspecified atom stereocenters. The van der Waals surface area contributed by atoms with E-state index in [-0.39, 0.29) is 12.5 Å². The van der Waals surface area contributed by atoms with Gasteiger partial charge in [0, 0.05) is 5.92 Å². The van der Waals surface area contributed by atoms with Gasteiger partial charge in [0.05, 0.1) is 17.8 Å². The predicted octanol–water partition coefficient (Wildman–Crippen LogP) is 3.85. The molecule has 0 spiro atoms. The number of aromatic nitrogens is 2. The molecule has 0 aliphatic carbocycles. The first-order valence-electron chi connectivity index (χ1n) is 6.42. The predicted molar refractivity (Wildman–Crippen MR) is 78.3 cm³/mol. The molecule has 1 heterocycles. The minimum Gasteiger partial charge on any atom is -0.452 e. The third-order valence-corrected chi connectivity index (χ3v) is 3.13. The maximum Gasteiger partial charge on any atom is 0.169 e. The third kappa shape index (κ3) is 3.26. The number of aryl methyl sites for hydroxylation is 1. The van der Waals surface area contributed by atoms with Crippen LogP contribution in [0.3, 0.4) is 0 Å². The summed E-state index contributed by atoms with van der Waals surface area (Å²) in [6.07, 6.45) is 1.58. The summed E-state index contributed by atoms with van der Waals surface area (Å²) < 4.78 is 5.73. The van der Waals surface area contributed by atoms with Crippen LogP contribution in [0.5, 0.6) is 11.5 Å². The van der Waals surface area contributed by atoms with E-state index in [1.54, 1.807) is 12.3 Å². The molecule has 4 nitrogen and oxygen atoms in total. The highest BCUT2D eigenvalue weighted by Crippen LogP contribution is 2.31. The molecule has 0 bridgehead atoms. The number of aliphatic hydroxyl groups excluding tert-OH is 1. The third-order valence-electron chi connectivity index (χ3n) is 2.82. The summed E-state index contributed by atoms with van der Waals surface area (Å²) >= 11 is 6.10. The fraction of sp³-hybridized carbons (Fsp3) is 0.333. The standard InChI is InChI=1S/C15H17ClN2O2/c1-9(2)15-17-7-14(12(8-19)18-15)20-13-6-10(3)4-5-11(13)16/h4-7,9,19H,8H2,1-3H3. The van der Waals surface area contributed by atoms with Gasteiger partial charge < -0.3 is 9.84 Å². The molecule has 2 rings (SSSR count). The zero-order valence-electron chi connectivity index (χ0n) is 11.7. The van der Waals surface area contributed by atoms with Gasteiger partial charge in [-0.25, -0.2) is 9.97 Å². The quantitative estimate of drug-likeness (QED) is 0.930. The van der Waals surface area contributed by atoms with Gasteiger partial charge in [-0.1, -0.05) is 31.5 Å². The fourth-order valence-electron chi connectivity index (χ4n) is 1.71. The summed E-state index contributed by atoms with van der Waals surface area (Å²) in [5.74, 6) is 1.82. The lowest BCUT2D eigenvalue weighted by atomic mass is 10.2. The van der Waals surface area contributed by atoms with Crippen LogP contribution < -0.4 is 4.74 Å². The van der Waals surface area contributed by atoms with E-state index in [1.165, 1.54) is 0 Å². The molecule has 0 radical (unpaired) electrons. The lowest BCUT2D eigenvalue weighted by molar-refractivity contribution is 0.270. The zero-order chi connectivity index (χ0) is 14.7. The minimum absolute atomic E-state index is 0.192. The molecule has 106 valence electrons. The molecule has 1 aromatic carbocycles. The number of ether oxygens (including phenoxy) is 1. The monoisotopic (exact) mass is 292 g/mol. The summed E-state index contributed by atoms with van der Waals surface area (Å²) in [5, 5.41) is 9.93. The van der Waals surface area contributed by atoms with Gasteiger partial charge in [0.1, 0.15) is 17.3 Å². The molecule has 0 aliphatic rings. The average molecular weight is 293 g/mol. The Balaban J connectivity index is 2.35. The van der Waals surface area contributed by atoms with Gasteiger partial charge in [0.2, 0.25) is 0 Å². The summed E-state index contributed by atoms with van der Waals surface area (Å²) in [6.45, 7) is 5.73. The topological polar surface area (TPSA) is 55.2 Å². The van der Waals surface area contributed by atoms with Crippen LogP contribution in [0.4, 0.5) is 0 Å². The largest absolute Gasteiger partial charge is 0.452 e. The smallest absolute Gasteiger partial charge is 0.169 e. The van der Waals surface area contributed by atoms with Crippen molar-refractivity contribution in [1.82, 2.24) is 9.97 Å². The highest BCUT2D eigenvalue weighted by Gasteiger charge is 2.12. The Bertz CT molecular complexity index is 615. The van der Waals surface area contributed by atoms with Gasteiger partial charge in [-0.2, -0.15) is 0 Å². The van der Waals surface area contributed by atoms with E-state index in [0.29, 0.717) is 28.0 Å². The van der Waals surface area contributed by atoms with Crippen LogP contribution in [0.15, 0.2) is 24.4 Å². The van der Waals surface area contributed by atoms with Crippen LogP contribution in [-0.2, 0) is 6.61 Å². The molecule has 0 saturated heterocycles. The van der Waals surface area contributed by atoms with Crippen molar-refractivity contribution in [2.75, 3.05) is 0 Å². The van der Waals surface area contributed by atoms with Crippen molar-refractivity contribution < 1.29 is 9.84 Å². The van der Waals surface area contributed by atoms with E-state index in [2.05, 4.69) is 9.97 Å². The first-order chi connectivity index (χ1) is 9.51. The number of nitrogens with zero attached hydrogens (tertiary/aromatic N) is 2. The number of halogens is 1. The molecule has 5 heteroatoms. The molecule has 1 N–H and O–H groups in total. The van der Waals surface area contributed by atoms with E-state index in [4.69, 9.17) is 16.3 Å². The summed E-state index contributed by atoms with van der Waals surface area (Å²) in [7, 11) is 0. The van der Waals surface area contributed by atoms with Crippen molar-refractivity contribution in [3.8, 4) is 11.5 Å². The van der Waals surface area contributed by atoms with Crippen LogP contribution in [0, 0.1) is 6.92 Å². The Morgan fingerprint density at radius 1 is 1.30 bits per heavy atom. The normalized spacial score (nSPS) is 10.9. The first-order valence-corrected chi connectivity index (χ1v) is 6.79. The van der Waals surface area contributed by atoms with Gasteiger partial charge >= 0.3 is 0 Å². The molecule has 0 aliphatic heterocycles. The first kappa shape index (κ1) is 14.8.